The van der Waals surface area contributed by atoms with Crippen molar-refractivity contribution in [2.24, 2.45) is 0 Å². The second-order valence-corrected chi connectivity index (χ2v) is 4.43. The quantitative estimate of drug-likeness (QED) is 0.732. The molecule has 2 aromatic rings. The average Bonchev–Trinajstić information content (AvgIpc) is 2.55. The molecule has 106 valence electrons. The number of fused-ring (bicyclic) bond motifs is 1. The van der Waals surface area contributed by atoms with Crippen molar-refractivity contribution in [3.05, 3.63) is 45.5 Å². The summed E-state index contributed by atoms with van der Waals surface area (Å²) in [4.78, 5) is 0. The minimum Gasteiger partial charge on any atom is -0.192 e. The average molecular weight is 286 g/mol. The summed E-state index contributed by atoms with van der Waals surface area (Å²) in [6.45, 7) is 7.43. The first kappa shape index (κ1) is 16.7. The van der Waals surface area contributed by atoms with Gasteiger partial charge in [-0.05, 0) is 37.1 Å². The molecule has 4 heteroatoms. The van der Waals surface area contributed by atoms with E-state index in [1.165, 1.54) is 0 Å². The molecule has 0 aliphatic heterocycles. The molecule has 0 heterocycles. The van der Waals surface area contributed by atoms with Crippen molar-refractivity contribution in [2.45, 2.75) is 27.7 Å². The van der Waals surface area contributed by atoms with Crippen LogP contribution in [-0.2, 0) is 0 Å². The summed E-state index contributed by atoms with van der Waals surface area (Å²) in [7, 11) is 0. The van der Waals surface area contributed by atoms with Gasteiger partial charge in [-0.25, -0.2) is 0 Å². The molecule has 4 nitrogen and oxygen atoms in total. The third-order valence-electron chi connectivity index (χ3n) is 3.26. The fourth-order valence-corrected chi connectivity index (χ4v) is 2.37. The van der Waals surface area contributed by atoms with E-state index in [1.54, 1.807) is 26.0 Å². The monoisotopic (exact) mass is 286 g/mol. The number of hydrogen-bond acceptors (Lipinski definition) is 4. The lowest BCUT2D eigenvalue weighted by atomic mass is 9.88. The second kappa shape index (κ2) is 6.90. The number of rotatable bonds is 0. The lowest BCUT2D eigenvalue weighted by molar-refractivity contribution is 1.36. The Bertz CT molecular complexity index is 833. The van der Waals surface area contributed by atoms with Crippen molar-refractivity contribution < 1.29 is 0 Å². The Morgan fingerprint density at radius 2 is 0.955 bits per heavy atom. The highest BCUT2D eigenvalue weighted by Gasteiger charge is 2.18. The fourth-order valence-electron chi connectivity index (χ4n) is 2.37. The third-order valence-corrected chi connectivity index (χ3v) is 3.26. The van der Waals surface area contributed by atoms with Gasteiger partial charge in [-0.2, -0.15) is 21.0 Å². The Kier molecular flexibility index (Phi) is 5.24. The number of benzene rings is 2. The highest BCUT2D eigenvalue weighted by Crippen LogP contribution is 2.32. The lowest BCUT2D eigenvalue weighted by Crippen LogP contribution is -1.97. The zero-order chi connectivity index (χ0) is 16.9. The van der Waals surface area contributed by atoms with E-state index in [9.17, 15) is 21.0 Å². The molecule has 0 saturated heterocycles. The predicted octanol–water partition coefficient (Wildman–Crippen LogP) is 3.97. The number of nitrogens with zero attached hydrogens (tertiary/aromatic N) is 4. The van der Waals surface area contributed by atoms with Crippen LogP contribution in [0.2, 0.25) is 0 Å². The molecule has 22 heavy (non-hydrogen) atoms. The molecule has 0 spiro atoms. The van der Waals surface area contributed by atoms with Crippen LogP contribution >= 0.6 is 0 Å². The van der Waals surface area contributed by atoms with Crippen LogP contribution in [0.1, 0.15) is 47.2 Å². The van der Waals surface area contributed by atoms with Gasteiger partial charge in [-0.1, -0.05) is 13.8 Å². The molecule has 2 rings (SSSR count). The summed E-state index contributed by atoms with van der Waals surface area (Å²) in [6.07, 6.45) is 0. The van der Waals surface area contributed by atoms with Crippen LogP contribution in [0, 0.1) is 59.2 Å². The van der Waals surface area contributed by atoms with E-state index >= 15 is 0 Å². The smallest absolute Gasteiger partial charge is 0.100 e. The number of aryl methyl sites for hydroxylation is 2. The fraction of sp³-hybridized carbons (Fsp3) is 0.222. The molecule has 0 N–H and O–H groups in total. The Hall–Kier alpha value is -3.34. The predicted molar refractivity (Wildman–Crippen MR) is 83.6 cm³/mol. The highest BCUT2D eigenvalue weighted by atomic mass is 14.3. The third kappa shape index (κ3) is 2.47. The molecule has 0 saturated carbocycles. The van der Waals surface area contributed by atoms with Crippen molar-refractivity contribution in [2.75, 3.05) is 0 Å². The van der Waals surface area contributed by atoms with Gasteiger partial charge in [0.1, 0.15) is 12.1 Å². The summed E-state index contributed by atoms with van der Waals surface area (Å²) >= 11 is 0. The van der Waals surface area contributed by atoms with Gasteiger partial charge >= 0.3 is 0 Å². The molecule has 0 aliphatic carbocycles. The summed E-state index contributed by atoms with van der Waals surface area (Å²) in [5.74, 6) is 0. The first-order valence-electron chi connectivity index (χ1n) is 6.80. The Morgan fingerprint density at radius 3 is 1.18 bits per heavy atom. The Balaban J connectivity index is 0.00000116. The van der Waals surface area contributed by atoms with Gasteiger partial charge in [0, 0.05) is 10.8 Å². The SMILES string of the molecule is CC.Cc1cc(C#N)c2c(C#N)c(C)cc(C#N)c2c1C#N. The molecule has 0 aliphatic rings. The van der Waals surface area contributed by atoms with E-state index in [4.69, 9.17) is 0 Å². The molecule has 0 radical (unpaired) electrons. The minimum absolute atomic E-state index is 0.313. The van der Waals surface area contributed by atoms with Crippen molar-refractivity contribution in [3.8, 4) is 24.3 Å². The number of hydrogen-bond donors (Lipinski definition) is 0. The van der Waals surface area contributed by atoms with Crippen molar-refractivity contribution in [3.63, 3.8) is 0 Å². The van der Waals surface area contributed by atoms with Crippen LogP contribution < -0.4 is 0 Å². The summed E-state index contributed by atoms with van der Waals surface area (Å²) in [5, 5.41) is 38.0. The van der Waals surface area contributed by atoms with Gasteiger partial charge in [-0.3, -0.25) is 0 Å². The maximum absolute atomic E-state index is 9.31. The van der Waals surface area contributed by atoms with Crippen LogP contribution in [0.4, 0.5) is 0 Å². The summed E-state index contributed by atoms with van der Waals surface area (Å²) in [5.41, 5.74) is 2.56. The van der Waals surface area contributed by atoms with Crippen LogP contribution in [0.25, 0.3) is 10.8 Å². The van der Waals surface area contributed by atoms with Crippen molar-refractivity contribution in [1.82, 2.24) is 0 Å². The first-order valence-corrected chi connectivity index (χ1v) is 6.80. The molecule has 0 bridgehead atoms. The molecule has 0 amide bonds. The van der Waals surface area contributed by atoms with E-state index in [0.29, 0.717) is 44.2 Å². The molecule has 0 atom stereocenters. The van der Waals surface area contributed by atoms with E-state index in [0.717, 1.165) is 0 Å². The van der Waals surface area contributed by atoms with E-state index < -0.39 is 0 Å². The zero-order valence-electron chi connectivity index (χ0n) is 12.9. The standard InChI is InChI=1S/C16H8N4.C2H6/c1-9-3-11(5-17)16-14(8-20)10(2)4-12(6-18)15(16)13(9)7-19;1-2/h3-4H,1-2H3;1-2H3. The molecular weight excluding hydrogens is 272 g/mol. The topological polar surface area (TPSA) is 95.2 Å². The van der Waals surface area contributed by atoms with E-state index in [2.05, 4.69) is 12.1 Å². The largest absolute Gasteiger partial charge is 0.192 e. The minimum atomic E-state index is 0.313. The summed E-state index contributed by atoms with van der Waals surface area (Å²) in [6, 6.07) is 11.4. The van der Waals surface area contributed by atoms with E-state index in [1.807, 2.05) is 26.0 Å². The van der Waals surface area contributed by atoms with Crippen LogP contribution in [0.15, 0.2) is 12.1 Å². The second-order valence-electron chi connectivity index (χ2n) is 4.43. The van der Waals surface area contributed by atoms with Gasteiger partial charge in [0.05, 0.1) is 34.4 Å². The number of nitriles is 4. The zero-order valence-corrected chi connectivity index (χ0v) is 12.9. The van der Waals surface area contributed by atoms with Crippen LogP contribution in [0.3, 0.4) is 0 Å². The van der Waals surface area contributed by atoms with Crippen molar-refractivity contribution >= 4 is 10.8 Å². The Morgan fingerprint density at radius 1 is 0.636 bits per heavy atom. The van der Waals surface area contributed by atoms with Crippen molar-refractivity contribution in [1.29, 1.82) is 21.0 Å². The molecule has 0 aromatic heterocycles. The molecule has 0 unspecified atom stereocenters. The maximum Gasteiger partial charge on any atom is 0.100 e. The van der Waals surface area contributed by atoms with Crippen LogP contribution in [-0.4, -0.2) is 0 Å². The maximum atomic E-state index is 9.31. The van der Waals surface area contributed by atoms with Gasteiger partial charge in [0.2, 0.25) is 0 Å². The first-order chi connectivity index (χ1) is 10.6. The van der Waals surface area contributed by atoms with Gasteiger partial charge in [0.15, 0.2) is 0 Å². The van der Waals surface area contributed by atoms with Crippen LogP contribution in [0.5, 0.6) is 0 Å². The highest BCUT2D eigenvalue weighted by molar-refractivity contribution is 6.01. The molecular formula is C18H14N4. The van der Waals surface area contributed by atoms with E-state index in [-0.39, 0.29) is 0 Å². The molecule has 2 aromatic carbocycles. The molecule has 0 fully saturated rings. The van der Waals surface area contributed by atoms with Gasteiger partial charge < -0.3 is 0 Å². The normalized spacial score (nSPS) is 8.73. The summed E-state index contributed by atoms with van der Waals surface area (Å²) < 4.78 is 0. The lowest BCUT2D eigenvalue weighted by Gasteiger charge is -2.11. The van der Waals surface area contributed by atoms with Gasteiger partial charge in [0.25, 0.3) is 0 Å². The van der Waals surface area contributed by atoms with Gasteiger partial charge in [-0.15, -0.1) is 0 Å². The Labute approximate surface area is 130 Å².